The van der Waals surface area contributed by atoms with Gasteiger partial charge in [0.15, 0.2) is 0 Å². The Morgan fingerprint density at radius 1 is 1.12 bits per heavy atom. The van der Waals surface area contributed by atoms with Gasteiger partial charge in [-0.15, -0.1) is 0 Å². The van der Waals surface area contributed by atoms with Gasteiger partial charge in [0.05, 0.1) is 12.6 Å². The molecule has 24 heavy (non-hydrogen) atoms. The molecule has 5 nitrogen and oxygen atoms in total. The predicted molar refractivity (Wildman–Crippen MR) is 99.1 cm³/mol. The van der Waals surface area contributed by atoms with E-state index >= 15 is 0 Å². The fraction of sp³-hybridized carbons (Fsp3) is 0.579. The summed E-state index contributed by atoms with van der Waals surface area (Å²) in [7, 11) is 1.78. The first-order valence-corrected chi connectivity index (χ1v) is 8.65. The second kappa shape index (κ2) is 9.42. The molecule has 0 aliphatic carbocycles. The van der Waals surface area contributed by atoms with Gasteiger partial charge in [-0.1, -0.05) is 32.0 Å². The van der Waals surface area contributed by atoms with Gasteiger partial charge in [-0.2, -0.15) is 0 Å². The van der Waals surface area contributed by atoms with Crippen LogP contribution in [0.1, 0.15) is 52.5 Å². The second-order valence-electron chi connectivity index (χ2n) is 6.70. The van der Waals surface area contributed by atoms with Crippen LogP contribution in [0.4, 0.5) is 5.69 Å². The number of hydrogen-bond donors (Lipinski definition) is 2. The van der Waals surface area contributed by atoms with Gasteiger partial charge in [0, 0.05) is 11.7 Å². The van der Waals surface area contributed by atoms with Crippen molar-refractivity contribution in [1.82, 2.24) is 10.2 Å². The SMILES string of the molecule is CC[C@@H](C)c1ccccc1NC(=O)[C@@H](C)N(C)CC(=O)NC(C)C. The minimum atomic E-state index is -0.395. The summed E-state index contributed by atoms with van der Waals surface area (Å²) in [4.78, 5) is 26.1. The smallest absolute Gasteiger partial charge is 0.241 e. The van der Waals surface area contributed by atoms with Gasteiger partial charge in [0.1, 0.15) is 0 Å². The van der Waals surface area contributed by atoms with Crippen LogP contribution < -0.4 is 10.6 Å². The van der Waals surface area contributed by atoms with Gasteiger partial charge in [0.25, 0.3) is 0 Å². The van der Waals surface area contributed by atoms with E-state index in [9.17, 15) is 9.59 Å². The van der Waals surface area contributed by atoms with Crippen LogP contribution in [0.25, 0.3) is 0 Å². The van der Waals surface area contributed by atoms with Crippen molar-refractivity contribution in [3.8, 4) is 0 Å². The first-order chi connectivity index (χ1) is 11.3. The number of nitrogens with zero attached hydrogens (tertiary/aromatic N) is 1. The number of benzene rings is 1. The van der Waals surface area contributed by atoms with Crippen molar-refractivity contribution >= 4 is 17.5 Å². The van der Waals surface area contributed by atoms with E-state index in [1.807, 2.05) is 45.0 Å². The average Bonchev–Trinajstić information content (AvgIpc) is 2.52. The zero-order valence-corrected chi connectivity index (χ0v) is 15.7. The Morgan fingerprint density at radius 3 is 2.33 bits per heavy atom. The van der Waals surface area contributed by atoms with E-state index in [1.54, 1.807) is 11.9 Å². The minimum Gasteiger partial charge on any atom is -0.353 e. The summed E-state index contributed by atoms with van der Waals surface area (Å²) in [5, 5.41) is 5.84. The van der Waals surface area contributed by atoms with Crippen molar-refractivity contribution in [2.24, 2.45) is 0 Å². The number of amides is 2. The monoisotopic (exact) mass is 333 g/mol. The van der Waals surface area contributed by atoms with Gasteiger partial charge >= 0.3 is 0 Å². The maximum absolute atomic E-state index is 12.5. The lowest BCUT2D eigenvalue weighted by Crippen LogP contribution is -2.46. The molecule has 0 aromatic heterocycles. The summed E-state index contributed by atoms with van der Waals surface area (Å²) < 4.78 is 0. The molecule has 1 aromatic carbocycles. The van der Waals surface area contributed by atoms with Crippen LogP contribution in [0.3, 0.4) is 0 Å². The number of carbonyl (C=O) groups excluding carboxylic acids is 2. The van der Waals surface area contributed by atoms with E-state index in [0.29, 0.717) is 5.92 Å². The molecule has 2 atom stereocenters. The van der Waals surface area contributed by atoms with Crippen molar-refractivity contribution in [1.29, 1.82) is 0 Å². The molecule has 0 unspecified atom stereocenters. The first kappa shape index (κ1) is 20.2. The summed E-state index contributed by atoms with van der Waals surface area (Å²) in [5.41, 5.74) is 1.99. The molecule has 1 rings (SSSR count). The van der Waals surface area contributed by atoms with E-state index in [1.165, 1.54) is 0 Å². The van der Waals surface area contributed by atoms with Gasteiger partial charge in [-0.05, 0) is 51.8 Å². The average molecular weight is 333 g/mol. The largest absolute Gasteiger partial charge is 0.353 e. The standard InChI is InChI=1S/C19H31N3O2/c1-7-14(4)16-10-8-9-11-17(16)21-19(24)15(5)22(6)12-18(23)20-13(2)3/h8-11,13-15H,7,12H2,1-6H3,(H,20,23)(H,21,24)/t14-,15-/m1/s1. The molecule has 134 valence electrons. The summed E-state index contributed by atoms with van der Waals surface area (Å²) >= 11 is 0. The number of rotatable bonds is 8. The molecule has 0 saturated carbocycles. The molecular formula is C19H31N3O2. The number of para-hydroxylation sites is 1. The highest BCUT2D eigenvalue weighted by Gasteiger charge is 2.21. The molecule has 0 spiro atoms. The van der Waals surface area contributed by atoms with Crippen LogP contribution in [0, 0.1) is 0 Å². The Labute approximate surface area is 145 Å². The summed E-state index contributed by atoms with van der Waals surface area (Å²) in [5.74, 6) is 0.198. The maximum Gasteiger partial charge on any atom is 0.241 e. The van der Waals surface area contributed by atoms with Crippen LogP contribution in [-0.4, -0.2) is 42.4 Å². The highest BCUT2D eigenvalue weighted by Crippen LogP contribution is 2.26. The molecule has 0 aliphatic rings. The van der Waals surface area contributed by atoms with Crippen LogP contribution in [-0.2, 0) is 9.59 Å². The Balaban J connectivity index is 2.72. The molecule has 0 aliphatic heterocycles. The van der Waals surface area contributed by atoms with E-state index in [0.717, 1.165) is 17.7 Å². The zero-order valence-electron chi connectivity index (χ0n) is 15.7. The number of hydrogen-bond acceptors (Lipinski definition) is 3. The van der Waals surface area contributed by atoms with Crippen molar-refractivity contribution < 1.29 is 9.59 Å². The second-order valence-corrected chi connectivity index (χ2v) is 6.70. The van der Waals surface area contributed by atoms with Crippen molar-refractivity contribution in [3.63, 3.8) is 0 Å². The third-order valence-electron chi connectivity index (χ3n) is 4.25. The van der Waals surface area contributed by atoms with Gasteiger partial charge in [0.2, 0.25) is 11.8 Å². The molecule has 2 N–H and O–H groups in total. The molecule has 0 fully saturated rings. The number of nitrogens with one attached hydrogen (secondary N) is 2. The van der Waals surface area contributed by atoms with E-state index < -0.39 is 6.04 Å². The molecule has 2 amide bonds. The fourth-order valence-electron chi connectivity index (χ4n) is 2.43. The van der Waals surface area contributed by atoms with Crippen molar-refractivity contribution in [3.05, 3.63) is 29.8 Å². The molecule has 0 saturated heterocycles. The summed E-state index contributed by atoms with van der Waals surface area (Å²) in [6.45, 7) is 10.1. The van der Waals surface area contributed by atoms with E-state index in [2.05, 4.69) is 24.5 Å². The van der Waals surface area contributed by atoms with Gasteiger partial charge in [-0.3, -0.25) is 14.5 Å². The van der Waals surface area contributed by atoms with Crippen molar-refractivity contribution in [2.75, 3.05) is 18.9 Å². The zero-order chi connectivity index (χ0) is 18.3. The third kappa shape index (κ3) is 5.96. The fourth-order valence-corrected chi connectivity index (χ4v) is 2.43. The maximum atomic E-state index is 12.5. The topological polar surface area (TPSA) is 61.4 Å². The summed E-state index contributed by atoms with van der Waals surface area (Å²) in [6, 6.07) is 7.59. The molecule has 1 aromatic rings. The first-order valence-electron chi connectivity index (χ1n) is 8.65. The normalized spacial score (nSPS) is 13.7. The van der Waals surface area contributed by atoms with E-state index in [-0.39, 0.29) is 24.4 Å². The lowest BCUT2D eigenvalue weighted by molar-refractivity contribution is -0.125. The Morgan fingerprint density at radius 2 is 1.75 bits per heavy atom. The Hall–Kier alpha value is -1.88. The van der Waals surface area contributed by atoms with Gasteiger partial charge < -0.3 is 10.6 Å². The Kier molecular flexibility index (Phi) is 7.92. The number of likely N-dealkylation sites (N-methyl/N-ethyl adjacent to an activating group) is 1. The van der Waals surface area contributed by atoms with Gasteiger partial charge in [-0.25, -0.2) is 0 Å². The quantitative estimate of drug-likeness (QED) is 0.769. The molecule has 0 radical (unpaired) electrons. The predicted octanol–water partition coefficient (Wildman–Crippen LogP) is 2.98. The third-order valence-corrected chi connectivity index (χ3v) is 4.25. The van der Waals surface area contributed by atoms with Crippen LogP contribution in [0.2, 0.25) is 0 Å². The summed E-state index contributed by atoms with van der Waals surface area (Å²) in [6.07, 6.45) is 1.01. The molecule has 0 heterocycles. The Bertz CT molecular complexity index is 557. The highest BCUT2D eigenvalue weighted by molar-refractivity contribution is 5.95. The van der Waals surface area contributed by atoms with Crippen molar-refractivity contribution in [2.45, 2.75) is 59.0 Å². The minimum absolute atomic E-state index is 0.0767. The van der Waals surface area contributed by atoms with Crippen LogP contribution in [0.5, 0.6) is 0 Å². The molecule has 5 heteroatoms. The molecular weight excluding hydrogens is 302 g/mol. The lowest BCUT2D eigenvalue weighted by Gasteiger charge is -2.25. The van der Waals surface area contributed by atoms with Crippen LogP contribution >= 0.6 is 0 Å². The molecule has 0 bridgehead atoms. The number of anilines is 1. The highest BCUT2D eigenvalue weighted by atomic mass is 16.2. The van der Waals surface area contributed by atoms with Crippen LogP contribution in [0.15, 0.2) is 24.3 Å². The lowest BCUT2D eigenvalue weighted by atomic mass is 9.97. The number of carbonyl (C=O) groups is 2. The van der Waals surface area contributed by atoms with E-state index in [4.69, 9.17) is 0 Å².